The van der Waals surface area contributed by atoms with Crippen LogP contribution < -0.4 is 4.90 Å². The van der Waals surface area contributed by atoms with E-state index in [9.17, 15) is 10.1 Å². The van der Waals surface area contributed by atoms with Crippen LogP contribution in [0.25, 0.3) is 0 Å². The van der Waals surface area contributed by atoms with Gasteiger partial charge in [-0.2, -0.15) is 5.26 Å². The zero-order chi connectivity index (χ0) is 16.4. The molecule has 7 nitrogen and oxygen atoms in total. The lowest BCUT2D eigenvalue weighted by Gasteiger charge is -2.35. The second-order valence-corrected chi connectivity index (χ2v) is 6.22. The van der Waals surface area contributed by atoms with Crippen molar-refractivity contribution >= 4 is 27.7 Å². The van der Waals surface area contributed by atoms with Gasteiger partial charge in [-0.15, -0.1) is 0 Å². The molecule has 0 N–H and O–H groups in total. The maximum Gasteiger partial charge on any atom is 0.272 e. The highest BCUT2D eigenvalue weighted by Crippen LogP contribution is 2.22. The molecule has 0 unspecified atom stereocenters. The van der Waals surface area contributed by atoms with Gasteiger partial charge in [0.1, 0.15) is 17.6 Å². The van der Waals surface area contributed by atoms with Crippen LogP contribution in [0.3, 0.4) is 0 Å². The summed E-state index contributed by atoms with van der Waals surface area (Å²) in [7, 11) is 1.81. The highest BCUT2D eigenvalue weighted by Gasteiger charge is 2.25. The summed E-state index contributed by atoms with van der Waals surface area (Å²) in [6.07, 6.45) is 4.89. The number of carbonyl (C=O) groups is 1. The summed E-state index contributed by atoms with van der Waals surface area (Å²) in [5.41, 5.74) is 1.11. The Morgan fingerprint density at radius 3 is 2.65 bits per heavy atom. The van der Waals surface area contributed by atoms with Gasteiger partial charge in [0.2, 0.25) is 0 Å². The molecule has 1 aliphatic heterocycles. The molecule has 1 saturated heterocycles. The molecule has 0 saturated carbocycles. The van der Waals surface area contributed by atoms with Gasteiger partial charge in [-0.3, -0.25) is 4.79 Å². The fourth-order valence-corrected chi connectivity index (χ4v) is 2.94. The number of hydrogen-bond donors (Lipinski definition) is 0. The normalized spacial score (nSPS) is 14.7. The molecular formula is C15H15BrN6O. The van der Waals surface area contributed by atoms with Gasteiger partial charge in [0.15, 0.2) is 0 Å². The summed E-state index contributed by atoms with van der Waals surface area (Å²) in [5, 5.41) is 9.26. The first kappa shape index (κ1) is 15.5. The Hall–Kier alpha value is -2.40. The topological polar surface area (TPSA) is 78.1 Å². The van der Waals surface area contributed by atoms with Crippen LogP contribution in [-0.2, 0) is 7.05 Å². The fraction of sp³-hybridized carbons (Fsp3) is 0.333. The number of nitrogens with zero attached hydrogens (tertiary/aromatic N) is 6. The number of carbonyl (C=O) groups excluding carboxylic acids is 1. The molecule has 23 heavy (non-hydrogen) atoms. The number of pyridine rings is 1. The summed E-state index contributed by atoms with van der Waals surface area (Å²) in [6, 6.07) is 3.93. The molecule has 118 valence electrons. The standard InChI is InChI=1S/C15H15BrN6O/c1-20-10-18-9-13(20)15(23)22-4-2-21(3-5-22)14-11(7-17)6-12(16)8-19-14/h6,8-10H,2-5H2,1H3. The van der Waals surface area contributed by atoms with E-state index in [1.54, 1.807) is 41.3 Å². The smallest absolute Gasteiger partial charge is 0.272 e. The Kier molecular flexibility index (Phi) is 4.30. The number of aromatic nitrogens is 3. The molecule has 1 amide bonds. The van der Waals surface area contributed by atoms with Crippen molar-refractivity contribution in [2.45, 2.75) is 0 Å². The number of anilines is 1. The van der Waals surface area contributed by atoms with Crippen molar-refractivity contribution in [2.75, 3.05) is 31.1 Å². The van der Waals surface area contributed by atoms with Gasteiger partial charge < -0.3 is 14.4 Å². The van der Waals surface area contributed by atoms with Crippen molar-refractivity contribution in [3.63, 3.8) is 0 Å². The summed E-state index contributed by atoms with van der Waals surface area (Å²) in [6.45, 7) is 2.47. The Balaban J connectivity index is 1.71. The van der Waals surface area contributed by atoms with Crippen molar-refractivity contribution in [3.8, 4) is 6.07 Å². The van der Waals surface area contributed by atoms with Gasteiger partial charge in [0.25, 0.3) is 5.91 Å². The minimum Gasteiger partial charge on any atom is -0.352 e. The van der Waals surface area contributed by atoms with Crippen molar-refractivity contribution < 1.29 is 4.79 Å². The average Bonchev–Trinajstić information content (AvgIpc) is 3.00. The molecule has 2 aromatic heterocycles. The number of hydrogen-bond acceptors (Lipinski definition) is 5. The van der Waals surface area contributed by atoms with Gasteiger partial charge >= 0.3 is 0 Å². The van der Waals surface area contributed by atoms with Crippen molar-refractivity contribution in [2.24, 2.45) is 7.05 Å². The summed E-state index contributed by atoms with van der Waals surface area (Å²) >= 11 is 3.33. The Morgan fingerprint density at radius 2 is 2.04 bits per heavy atom. The number of piperazine rings is 1. The molecule has 3 rings (SSSR count). The zero-order valence-electron chi connectivity index (χ0n) is 12.6. The number of nitriles is 1. The summed E-state index contributed by atoms with van der Waals surface area (Å²) in [5.74, 6) is 0.650. The van der Waals surface area contributed by atoms with E-state index in [0.29, 0.717) is 43.3 Å². The minimum atomic E-state index is -0.0195. The van der Waals surface area contributed by atoms with E-state index in [1.807, 2.05) is 4.90 Å². The van der Waals surface area contributed by atoms with Gasteiger partial charge in [-0.05, 0) is 22.0 Å². The Labute approximate surface area is 142 Å². The second kappa shape index (κ2) is 6.38. The Bertz CT molecular complexity index is 773. The third kappa shape index (κ3) is 3.05. The highest BCUT2D eigenvalue weighted by molar-refractivity contribution is 9.10. The third-order valence-corrected chi connectivity index (χ3v) is 4.29. The minimum absolute atomic E-state index is 0.0195. The molecular weight excluding hydrogens is 360 g/mol. The lowest BCUT2D eigenvalue weighted by Crippen LogP contribution is -2.49. The monoisotopic (exact) mass is 374 g/mol. The Morgan fingerprint density at radius 1 is 1.30 bits per heavy atom. The molecule has 1 fully saturated rings. The lowest BCUT2D eigenvalue weighted by molar-refractivity contribution is 0.0737. The number of rotatable bonds is 2. The average molecular weight is 375 g/mol. The van der Waals surface area contributed by atoms with Crippen LogP contribution in [0, 0.1) is 11.3 Å². The molecule has 0 radical (unpaired) electrons. The van der Waals surface area contributed by atoms with Crippen LogP contribution >= 0.6 is 15.9 Å². The van der Waals surface area contributed by atoms with Crippen LogP contribution in [0.5, 0.6) is 0 Å². The predicted octanol–water partition coefficient (Wildman–Crippen LogP) is 1.41. The largest absolute Gasteiger partial charge is 0.352 e. The van der Waals surface area contributed by atoms with Crippen LogP contribution in [0.1, 0.15) is 16.1 Å². The zero-order valence-corrected chi connectivity index (χ0v) is 14.2. The van der Waals surface area contributed by atoms with E-state index < -0.39 is 0 Å². The quantitative estimate of drug-likeness (QED) is 0.793. The lowest BCUT2D eigenvalue weighted by atomic mass is 10.2. The van der Waals surface area contributed by atoms with E-state index in [2.05, 4.69) is 32.0 Å². The number of amides is 1. The molecule has 3 heterocycles. The van der Waals surface area contributed by atoms with Crippen LogP contribution in [0.15, 0.2) is 29.3 Å². The van der Waals surface area contributed by atoms with E-state index >= 15 is 0 Å². The molecule has 0 spiro atoms. The molecule has 8 heteroatoms. The third-order valence-electron chi connectivity index (χ3n) is 3.86. The molecule has 1 aliphatic rings. The first-order valence-corrected chi connectivity index (χ1v) is 7.95. The predicted molar refractivity (Wildman–Crippen MR) is 88.0 cm³/mol. The second-order valence-electron chi connectivity index (χ2n) is 5.31. The number of halogens is 1. The summed E-state index contributed by atoms with van der Waals surface area (Å²) < 4.78 is 2.50. The van der Waals surface area contributed by atoms with Crippen molar-refractivity contribution in [3.05, 3.63) is 40.5 Å². The highest BCUT2D eigenvalue weighted by atomic mass is 79.9. The molecule has 0 bridgehead atoms. The first-order valence-electron chi connectivity index (χ1n) is 7.16. The van der Waals surface area contributed by atoms with Gasteiger partial charge in [0.05, 0.1) is 18.1 Å². The van der Waals surface area contributed by atoms with Gasteiger partial charge in [-0.1, -0.05) is 0 Å². The van der Waals surface area contributed by atoms with E-state index in [-0.39, 0.29) is 5.91 Å². The number of aryl methyl sites for hydroxylation is 1. The van der Waals surface area contributed by atoms with E-state index in [4.69, 9.17) is 0 Å². The van der Waals surface area contributed by atoms with Crippen LogP contribution in [-0.4, -0.2) is 51.5 Å². The molecule has 0 aromatic carbocycles. The molecule has 0 atom stereocenters. The number of imidazole rings is 1. The first-order chi connectivity index (χ1) is 11.1. The maximum absolute atomic E-state index is 12.5. The molecule has 2 aromatic rings. The van der Waals surface area contributed by atoms with Gasteiger partial charge in [0, 0.05) is 43.9 Å². The SMILES string of the molecule is Cn1cncc1C(=O)N1CCN(c2ncc(Br)cc2C#N)CC1. The van der Waals surface area contributed by atoms with Crippen molar-refractivity contribution in [1.82, 2.24) is 19.4 Å². The van der Waals surface area contributed by atoms with Gasteiger partial charge in [-0.25, -0.2) is 9.97 Å². The van der Waals surface area contributed by atoms with E-state index in [1.165, 1.54) is 0 Å². The van der Waals surface area contributed by atoms with E-state index in [0.717, 1.165) is 4.47 Å². The van der Waals surface area contributed by atoms with Crippen LogP contribution in [0.2, 0.25) is 0 Å². The van der Waals surface area contributed by atoms with Crippen LogP contribution in [0.4, 0.5) is 5.82 Å². The summed E-state index contributed by atoms with van der Waals surface area (Å²) in [4.78, 5) is 24.6. The maximum atomic E-state index is 12.5. The molecule has 0 aliphatic carbocycles. The fourth-order valence-electron chi connectivity index (χ4n) is 2.61. The van der Waals surface area contributed by atoms with Crippen molar-refractivity contribution in [1.29, 1.82) is 5.26 Å².